The highest BCUT2D eigenvalue weighted by atomic mass is 28.6. The van der Waals surface area contributed by atoms with Gasteiger partial charge in [-0.1, -0.05) is 0 Å². The molecular weight excluding hydrogens is 990 g/mol. The van der Waals surface area contributed by atoms with Gasteiger partial charge in [0.25, 0.3) is 54.7 Å². The highest BCUT2D eigenvalue weighted by Gasteiger charge is 2.71. The zero-order chi connectivity index (χ0) is 41.2. The number of hydrogen-bond acceptors (Lipinski definition) is 20. The largest absolute Gasteiger partial charge is 0.649 e. The minimum atomic E-state index is -4.23. The molecule has 0 spiro atoms. The molecule has 53 heavy (non-hydrogen) atoms. The van der Waals surface area contributed by atoms with Crippen molar-refractivity contribution in [2.45, 2.75) is 105 Å². The molecule has 0 aromatic heterocycles. The van der Waals surface area contributed by atoms with Gasteiger partial charge in [-0.15, -0.1) is 0 Å². The standard InChI is InChI=1S/C8H36O16Si13.4C2H6OSi/c1-27(2)9-25-11-35(17-28(3)4)20-32-13-31-10-26-12-36(18-29(5)6)21-33(14-31)16-34(15-32)22-37(23-35,24-36)19-30(7)8;4*1-4(2)3/h27-34H,25-26H2,1-8H3;4*1-2H3/t31?,32?,33?,34-,35?,36?,37?;;;;/m0..../s1. The zero-order valence-electron chi connectivity index (χ0n) is 33.7. The second-order valence-electron chi connectivity index (χ2n) is 12.8. The summed E-state index contributed by atoms with van der Waals surface area (Å²) in [5, 5.41) is 0. The molecule has 6 unspecified atom stereocenters. The van der Waals surface area contributed by atoms with Crippen LogP contribution in [0.3, 0.4) is 0 Å². The van der Waals surface area contributed by atoms with Crippen molar-refractivity contribution in [1.29, 1.82) is 0 Å². The molecule has 4 rings (SSSR count). The maximum atomic E-state index is 9.63. The maximum Gasteiger partial charge on any atom is 0.649 e. The minimum absolute atomic E-state index is 1.13. The SMILES string of the molecule is C[SiH](C)O[SiH2]O[Si]1(O[SiH](C)C)O[SiH]2O[SiH]3O[SiH2]O[Si]4(O[SiH](C)C)O[SiH](O3)O[Si@H](O2)O[Si](O[SiH](C)C)(O1)O4.C[Si](C)=O.C[Si](C)=O.C[Si](C)=O.C[Si](C)=O. The van der Waals surface area contributed by atoms with Crippen LogP contribution in [0.5, 0.6) is 0 Å². The second-order valence-corrected chi connectivity index (χ2v) is 50.9. The lowest BCUT2D eigenvalue weighted by atomic mass is 11.9. The average Bonchev–Trinajstić information content (AvgIpc) is 2.86. The molecule has 312 valence electrons. The van der Waals surface area contributed by atoms with E-state index in [1.54, 1.807) is 52.4 Å². The van der Waals surface area contributed by atoms with Crippen LogP contribution < -0.4 is 0 Å². The van der Waals surface area contributed by atoms with Gasteiger partial charge in [-0.2, -0.15) is 0 Å². The van der Waals surface area contributed by atoms with E-state index in [4.69, 9.17) is 65.8 Å². The zero-order valence-corrected chi connectivity index (χ0v) is 52.8. The summed E-state index contributed by atoms with van der Waals surface area (Å²) >= 11 is 0. The molecule has 0 aromatic carbocycles. The lowest BCUT2D eigenvalue weighted by molar-refractivity contribution is -0.0185. The van der Waals surface area contributed by atoms with E-state index < -0.39 is 156 Å². The minimum Gasteiger partial charge on any atom is -0.444 e. The summed E-state index contributed by atoms with van der Waals surface area (Å²) in [6, 6.07) is 0. The van der Waals surface area contributed by atoms with Crippen molar-refractivity contribution < 1.29 is 83.7 Å². The van der Waals surface area contributed by atoms with Gasteiger partial charge in [0, 0.05) is 0 Å². The average molecular weight is 1050 g/mol. The van der Waals surface area contributed by atoms with Gasteiger partial charge < -0.3 is 83.7 Å². The Balaban J connectivity index is 0.00000143. The lowest BCUT2D eigenvalue weighted by Gasteiger charge is -2.48. The highest BCUT2D eigenvalue weighted by Crippen LogP contribution is 2.35. The van der Waals surface area contributed by atoms with E-state index in [2.05, 4.69) is 13.1 Å². The van der Waals surface area contributed by atoms with E-state index in [1.165, 1.54) is 0 Å². The van der Waals surface area contributed by atoms with Gasteiger partial charge in [0.05, 0.1) is 0 Å². The summed E-state index contributed by atoms with van der Waals surface area (Å²) in [6.45, 7) is 29.6. The highest BCUT2D eigenvalue weighted by molar-refractivity contribution is 6.90. The topological polar surface area (TPSA) is 216 Å². The summed E-state index contributed by atoms with van der Waals surface area (Å²) in [6.07, 6.45) is 0. The molecule has 7 atom stereocenters. The third-order valence-electron chi connectivity index (χ3n) is 4.33. The van der Waals surface area contributed by atoms with E-state index in [1.807, 2.05) is 39.3 Å². The predicted octanol–water partition coefficient (Wildman–Crippen LogP) is -1.91. The van der Waals surface area contributed by atoms with Gasteiger partial charge >= 0.3 is 65.3 Å². The van der Waals surface area contributed by atoms with Gasteiger partial charge in [0.15, 0.2) is 36.2 Å². The van der Waals surface area contributed by atoms with Crippen LogP contribution in [0.15, 0.2) is 0 Å². The molecule has 0 aliphatic carbocycles. The molecule has 0 amide bonds. The monoisotopic (exact) mass is 1050 g/mol. The van der Waals surface area contributed by atoms with E-state index in [0.717, 1.165) is 0 Å². The molecule has 20 nitrogen and oxygen atoms in total. The second kappa shape index (κ2) is 27.9. The van der Waals surface area contributed by atoms with Crippen molar-refractivity contribution in [3.8, 4) is 0 Å². The van der Waals surface area contributed by atoms with Crippen molar-refractivity contribution in [2.24, 2.45) is 0 Å². The van der Waals surface area contributed by atoms with Crippen LogP contribution in [-0.2, 0) is 83.7 Å². The predicted molar refractivity (Wildman–Crippen MR) is 228 cm³/mol. The molecule has 0 aromatic rings. The van der Waals surface area contributed by atoms with E-state index in [-0.39, 0.29) is 0 Å². The van der Waals surface area contributed by atoms with Gasteiger partial charge in [0.2, 0.25) is 0 Å². The fourth-order valence-electron chi connectivity index (χ4n) is 3.16. The third kappa shape index (κ3) is 26.9. The van der Waals surface area contributed by atoms with E-state index in [9.17, 15) is 17.8 Å². The molecule has 4 saturated heterocycles. The van der Waals surface area contributed by atoms with Crippen molar-refractivity contribution in [3.05, 3.63) is 0 Å². The van der Waals surface area contributed by atoms with Crippen molar-refractivity contribution in [2.75, 3.05) is 0 Å². The van der Waals surface area contributed by atoms with Gasteiger partial charge in [-0.05, 0) is 105 Å². The van der Waals surface area contributed by atoms with Gasteiger partial charge in [-0.3, -0.25) is 0 Å². The Hall–Kier alpha value is 2.25. The summed E-state index contributed by atoms with van der Waals surface area (Å²) in [7, 11) is -38.7. The van der Waals surface area contributed by atoms with Crippen LogP contribution in [-0.4, -0.2) is 156 Å². The fourth-order valence-corrected chi connectivity index (χ4v) is 45.2. The Morgan fingerprint density at radius 2 is 0.906 bits per heavy atom. The van der Waals surface area contributed by atoms with Crippen LogP contribution in [0.1, 0.15) is 0 Å². The number of fused-ring (bicyclic) bond motifs is 4. The van der Waals surface area contributed by atoms with Crippen LogP contribution in [0, 0.1) is 0 Å². The molecule has 0 N–H and O–H groups in total. The first-order valence-electron chi connectivity index (χ1n) is 16.8. The molecule has 6 bridgehead atoms. The molecule has 4 fully saturated rings. The molecule has 4 aliphatic heterocycles. The smallest absolute Gasteiger partial charge is 0.444 e. The Morgan fingerprint density at radius 1 is 0.528 bits per heavy atom. The normalized spacial score (nSPS) is 30.9. The van der Waals surface area contributed by atoms with Crippen molar-refractivity contribution in [1.82, 2.24) is 0 Å². The Bertz CT molecular complexity index is 1070. The lowest BCUT2D eigenvalue weighted by Crippen LogP contribution is -2.77. The summed E-state index contributed by atoms with van der Waals surface area (Å²) in [5.74, 6) is 0. The van der Waals surface area contributed by atoms with E-state index in [0.29, 0.717) is 0 Å². The van der Waals surface area contributed by atoms with Crippen LogP contribution in [0.4, 0.5) is 0 Å². The fraction of sp³-hybridized carbons (Fsp3) is 1.00. The molecule has 4 aliphatic rings. The van der Waals surface area contributed by atoms with Crippen molar-refractivity contribution >= 4 is 156 Å². The van der Waals surface area contributed by atoms with Gasteiger partial charge in [0.1, 0.15) is 0 Å². The summed E-state index contributed by atoms with van der Waals surface area (Å²) in [4.78, 5) is 0. The Morgan fingerprint density at radius 3 is 1.32 bits per heavy atom. The van der Waals surface area contributed by atoms with Crippen LogP contribution >= 0.6 is 0 Å². The first kappa shape index (κ1) is 55.2. The summed E-state index contributed by atoms with van der Waals surface area (Å²) < 4.78 is 139. The van der Waals surface area contributed by atoms with E-state index >= 15 is 0 Å². The summed E-state index contributed by atoms with van der Waals surface area (Å²) in [5.41, 5.74) is 0. The van der Waals surface area contributed by atoms with Crippen LogP contribution in [0.25, 0.3) is 0 Å². The van der Waals surface area contributed by atoms with Gasteiger partial charge in [-0.25, -0.2) is 0 Å². The Kier molecular flexibility index (Phi) is 29.1. The first-order valence-corrected chi connectivity index (χ1v) is 50.4. The molecule has 37 heteroatoms. The number of hydrogen-bond donors (Lipinski definition) is 0. The number of rotatable bonds is 10. The molecule has 0 radical (unpaired) electrons. The first-order chi connectivity index (χ1) is 24.3. The molecular formula is C16H60O20Si17. The maximum absolute atomic E-state index is 9.63. The quantitative estimate of drug-likeness (QED) is 0.218. The molecule has 0 saturated carbocycles. The van der Waals surface area contributed by atoms with Crippen LogP contribution in [0.2, 0.25) is 105 Å². The third-order valence-corrected chi connectivity index (χ3v) is 38.9. The van der Waals surface area contributed by atoms with Crippen molar-refractivity contribution in [3.63, 3.8) is 0 Å². The molecule has 4 heterocycles. The Labute approximate surface area is 342 Å².